The number of nitrogens with one attached hydrogen (secondary N) is 1. The highest BCUT2D eigenvalue weighted by atomic mass is 32.1. The van der Waals surface area contributed by atoms with Gasteiger partial charge in [-0.15, -0.1) is 11.3 Å². The zero-order chi connectivity index (χ0) is 31.8. The molecule has 2 unspecified atom stereocenters. The summed E-state index contributed by atoms with van der Waals surface area (Å²) in [5.41, 5.74) is 1.42. The molecular formula is C33H32F3N5O4S. The fourth-order valence-corrected chi connectivity index (χ4v) is 8.80. The second-order valence-electron chi connectivity index (χ2n) is 12.9. The molecule has 2 saturated carbocycles. The van der Waals surface area contributed by atoms with Crippen LogP contribution in [0, 0.1) is 0 Å². The third-order valence-corrected chi connectivity index (χ3v) is 11.3. The molecule has 1 N–H and O–H groups in total. The Morgan fingerprint density at radius 1 is 1.11 bits per heavy atom. The number of nitrogens with zero attached hydrogens (tertiary/aromatic N) is 4. The van der Waals surface area contributed by atoms with Gasteiger partial charge in [0, 0.05) is 65.3 Å². The molecule has 13 heteroatoms. The van der Waals surface area contributed by atoms with Gasteiger partial charge in [-0.05, 0) is 74.8 Å². The summed E-state index contributed by atoms with van der Waals surface area (Å²) in [7, 11) is 0. The number of hydrogen-bond donors (Lipinski definition) is 1. The Balaban J connectivity index is 1.22. The zero-order valence-electron chi connectivity index (χ0n) is 24.9. The molecule has 2 aliphatic carbocycles. The fourth-order valence-electron chi connectivity index (χ4n) is 7.67. The van der Waals surface area contributed by atoms with Crippen LogP contribution in [-0.4, -0.2) is 51.4 Å². The number of carbonyl (C=O) groups is 1. The Kier molecular flexibility index (Phi) is 6.91. The molecule has 1 aromatic carbocycles. The van der Waals surface area contributed by atoms with Crippen molar-refractivity contribution >= 4 is 33.7 Å². The summed E-state index contributed by atoms with van der Waals surface area (Å²) in [6.45, 7) is 1.88. The first-order chi connectivity index (χ1) is 22.1. The van der Waals surface area contributed by atoms with Gasteiger partial charge in [0.05, 0.1) is 27.9 Å². The lowest BCUT2D eigenvalue weighted by molar-refractivity contribution is -0.145. The Bertz CT molecular complexity index is 1980. The molecule has 4 aromatic rings. The van der Waals surface area contributed by atoms with Gasteiger partial charge in [-0.2, -0.15) is 13.2 Å². The van der Waals surface area contributed by atoms with Gasteiger partial charge < -0.3 is 15.0 Å². The number of rotatable bonds is 7. The van der Waals surface area contributed by atoms with Crippen LogP contribution >= 0.6 is 11.3 Å². The third-order valence-electron chi connectivity index (χ3n) is 10.2. The minimum absolute atomic E-state index is 0.0161. The smallest absolute Gasteiger partial charge is 0.416 e. The number of alkyl halides is 3. The number of pyridine rings is 1. The standard InChI is InChI=1S/C33H32F3N5O4S/c34-33(35,36)20-12-19-2-1-10-39(22-15-32(38-16-22)8-5-27(32)45-18-42)29(19)25(13-20)24-6-9-37-26-14-23(46-30(24)26)17-41-28(43)7-11-40(31(41)44)21-3-4-21/h6-7,9,11-14,18,21-22,27,38H,1-5,8,10,15-17H2/t22-,27?,32?/m0/s1. The monoisotopic (exact) mass is 651 g/mol. The van der Waals surface area contributed by atoms with Gasteiger partial charge >= 0.3 is 11.9 Å². The number of aromatic nitrogens is 3. The molecule has 0 amide bonds. The van der Waals surface area contributed by atoms with E-state index in [-0.39, 0.29) is 36.0 Å². The first-order valence-electron chi connectivity index (χ1n) is 15.7. The van der Waals surface area contributed by atoms with Crippen LogP contribution in [0.2, 0.25) is 0 Å². The summed E-state index contributed by atoms with van der Waals surface area (Å²) >= 11 is 1.34. The van der Waals surface area contributed by atoms with Gasteiger partial charge in [-0.1, -0.05) is 0 Å². The second kappa shape index (κ2) is 10.8. The van der Waals surface area contributed by atoms with Crippen molar-refractivity contribution in [3.8, 4) is 11.1 Å². The number of hydrogen-bond acceptors (Lipinski definition) is 8. The Hall–Kier alpha value is -3.97. The van der Waals surface area contributed by atoms with E-state index < -0.39 is 17.3 Å². The number of ether oxygens (including phenoxy) is 1. The molecule has 0 bridgehead atoms. The van der Waals surface area contributed by atoms with Crippen LogP contribution in [0.15, 0.2) is 52.3 Å². The van der Waals surface area contributed by atoms with E-state index in [2.05, 4.69) is 15.2 Å². The molecule has 4 aliphatic rings. The van der Waals surface area contributed by atoms with E-state index >= 15 is 0 Å². The van der Waals surface area contributed by atoms with Crippen molar-refractivity contribution in [1.29, 1.82) is 0 Å². The van der Waals surface area contributed by atoms with Crippen LogP contribution < -0.4 is 21.5 Å². The van der Waals surface area contributed by atoms with Gasteiger partial charge in [0.1, 0.15) is 6.10 Å². The molecule has 3 aromatic heterocycles. The topological polar surface area (TPSA) is 98.5 Å². The van der Waals surface area contributed by atoms with E-state index in [1.54, 1.807) is 23.0 Å². The first kappa shape index (κ1) is 29.4. The van der Waals surface area contributed by atoms with E-state index in [0.717, 1.165) is 44.2 Å². The number of halogens is 3. The van der Waals surface area contributed by atoms with E-state index in [1.807, 2.05) is 6.07 Å². The quantitative estimate of drug-likeness (QED) is 0.285. The first-order valence-corrected chi connectivity index (χ1v) is 16.5. The lowest BCUT2D eigenvalue weighted by atomic mass is 9.72. The van der Waals surface area contributed by atoms with Gasteiger partial charge in [0.15, 0.2) is 0 Å². The van der Waals surface area contributed by atoms with Crippen molar-refractivity contribution < 1.29 is 22.7 Å². The fraction of sp³-hybridized carbons (Fsp3) is 0.455. The van der Waals surface area contributed by atoms with Crippen molar-refractivity contribution in [2.45, 2.75) is 81.4 Å². The number of thiophene rings is 1. The normalized spacial score (nSPS) is 24.3. The highest BCUT2D eigenvalue weighted by Gasteiger charge is 2.54. The van der Waals surface area contributed by atoms with Crippen LogP contribution in [0.3, 0.4) is 0 Å². The van der Waals surface area contributed by atoms with Crippen molar-refractivity contribution in [3.63, 3.8) is 0 Å². The maximum Gasteiger partial charge on any atom is 0.416 e. The molecule has 9 nitrogen and oxygen atoms in total. The zero-order valence-corrected chi connectivity index (χ0v) is 25.7. The van der Waals surface area contributed by atoms with Gasteiger partial charge in [-0.3, -0.25) is 23.7 Å². The average Bonchev–Trinajstić information content (AvgIpc) is 3.60. The number of benzene rings is 1. The summed E-state index contributed by atoms with van der Waals surface area (Å²) < 4.78 is 51.8. The summed E-state index contributed by atoms with van der Waals surface area (Å²) in [5.74, 6) is 0. The second-order valence-corrected chi connectivity index (χ2v) is 14.1. The van der Waals surface area contributed by atoms with Crippen LogP contribution in [0.5, 0.6) is 0 Å². The van der Waals surface area contributed by atoms with Crippen molar-refractivity contribution in [1.82, 2.24) is 19.4 Å². The number of carbonyl (C=O) groups excluding carboxylic acids is 1. The maximum atomic E-state index is 14.3. The molecule has 8 rings (SSSR count). The Morgan fingerprint density at radius 2 is 1.96 bits per heavy atom. The molecule has 46 heavy (non-hydrogen) atoms. The SMILES string of the molecule is O=COC1CCC12C[C@H](N1CCCc3cc(C(F)(F)F)cc(-c4ccnc5cc(Cn6c(=O)ccn(C7CC7)c6=O)sc45)c31)CN2. The van der Waals surface area contributed by atoms with Crippen LogP contribution in [0.4, 0.5) is 18.9 Å². The molecule has 240 valence electrons. The Morgan fingerprint density at radius 3 is 2.70 bits per heavy atom. The molecule has 2 aliphatic heterocycles. The van der Waals surface area contributed by atoms with E-state index in [1.165, 1.54) is 34.1 Å². The molecule has 1 saturated heterocycles. The lowest BCUT2D eigenvalue weighted by Crippen LogP contribution is -2.59. The number of aryl methyl sites for hydroxylation is 1. The molecular weight excluding hydrogens is 619 g/mol. The van der Waals surface area contributed by atoms with E-state index in [4.69, 9.17) is 4.74 Å². The molecule has 0 radical (unpaired) electrons. The number of fused-ring (bicyclic) bond motifs is 2. The van der Waals surface area contributed by atoms with Crippen LogP contribution in [-0.2, 0) is 28.7 Å². The molecule has 5 heterocycles. The molecule has 1 spiro atoms. The predicted molar refractivity (Wildman–Crippen MR) is 167 cm³/mol. The minimum Gasteiger partial charge on any atom is -0.463 e. The lowest BCUT2D eigenvalue weighted by Gasteiger charge is -2.46. The maximum absolute atomic E-state index is 14.3. The van der Waals surface area contributed by atoms with Crippen LogP contribution in [0.1, 0.15) is 60.6 Å². The molecule has 3 fully saturated rings. The summed E-state index contributed by atoms with van der Waals surface area (Å²) in [6, 6.07) is 7.64. The molecule has 3 atom stereocenters. The highest BCUT2D eigenvalue weighted by molar-refractivity contribution is 7.19. The summed E-state index contributed by atoms with van der Waals surface area (Å²) in [5, 5.41) is 3.59. The summed E-state index contributed by atoms with van der Waals surface area (Å²) in [6.07, 6.45) is 3.86. The predicted octanol–water partition coefficient (Wildman–Crippen LogP) is 4.88. The average molecular weight is 652 g/mol. The van der Waals surface area contributed by atoms with Gasteiger partial charge in [0.2, 0.25) is 0 Å². The minimum atomic E-state index is -4.53. The van der Waals surface area contributed by atoms with Crippen molar-refractivity contribution in [3.05, 3.63) is 79.6 Å². The van der Waals surface area contributed by atoms with Crippen LogP contribution in [0.25, 0.3) is 21.3 Å². The van der Waals surface area contributed by atoms with Crippen molar-refractivity contribution in [2.75, 3.05) is 18.0 Å². The number of anilines is 1. The summed E-state index contributed by atoms with van der Waals surface area (Å²) in [4.78, 5) is 44.5. The largest absolute Gasteiger partial charge is 0.463 e. The van der Waals surface area contributed by atoms with Crippen molar-refractivity contribution in [2.24, 2.45) is 0 Å². The third kappa shape index (κ3) is 4.86. The van der Waals surface area contributed by atoms with Gasteiger partial charge in [0.25, 0.3) is 12.0 Å². The van der Waals surface area contributed by atoms with E-state index in [0.29, 0.717) is 57.8 Å². The van der Waals surface area contributed by atoms with Gasteiger partial charge in [-0.25, -0.2) is 4.79 Å². The van der Waals surface area contributed by atoms with E-state index in [9.17, 15) is 27.6 Å². The Labute approximate surface area is 265 Å². The highest BCUT2D eigenvalue weighted by Crippen LogP contribution is 2.49.